The first-order valence-electron chi connectivity index (χ1n) is 5.78. The van der Waals surface area contributed by atoms with Gasteiger partial charge >= 0.3 is 0 Å². The van der Waals surface area contributed by atoms with Gasteiger partial charge in [-0.2, -0.15) is 4.98 Å². The van der Waals surface area contributed by atoms with Crippen LogP contribution in [0.15, 0.2) is 29.6 Å². The van der Waals surface area contributed by atoms with Gasteiger partial charge in [-0.25, -0.2) is 4.39 Å². The summed E-state index contributed by atoms with van der Waals surface area (Å²) in [5.41, 5.74) is 0. The van der Waals surface area contributed by atoms with Crippen molar-refractivity contribution in [1.29, 1.82) is 0 Å². The molecule has 18 heavy (non-hydrogen) atoms. The van der Waals surface area contributed by atoms with Crippen molar-refractivity contribution in [2.75, 3.05) is 0 Å². The number of rotatable bonds is 2. The van der Waals surface area contributed by atoms with Gasteiger partial charge in [0.1, 0.15) is 16.7 Å². The van der Waals surface area contributed by atoms with Gasteiger partial charge in [-0.05, 0) is 24.3 Å². The van der Waals surface area contributed by atoms with Crippen molar-refractivity contribution in [2.45, 2.75) is 27.7 Å². The van der Waals surface area contributed by atoms with E-state index in [1.165, 1.54) is 35.6 Å². The molecule has 2 rings (SSSR count). The highest BCUT2D eigenvalue weighted by molar-refractivity contribution is 7.11. The summed E-state index contributed by atoms with van der Waals surface area (Å²) in [6, 6.07) is 5.71. The Labute approximate surface area is 116 Å². The summed E-state index contributed by atoms with van der Waals surface area (Å²) in [4.78, 5) is 3.90. The van der Waals surface area contributed by atoms with E-state index in [0.717, 1.165) is 0 Å². The van der Waals surface area contributed by atoms with Crippen LogP contribution in [0.3, 0.4) is 0 Å². The van der Waals surface area contributed by atoms with Crippen LogP contribution in [0.25, 0.3) is 0 Å². The molecule has 2 aromatic rings. The Morgan fingerprint density at radius 1 is 1.11 bits per heavy atom. The second kappa shape index (κ2) is 9.85. The summed E-state index contributed by atoms with van der Waals surface area (Å²) in [6.07, 6.45) is 0. The minimum atomic E-state index is -0.297. The van der Waals surface area contributed by atoms with Crippen LogP contribution in [0.5, 0.6) is 10.9 Å². The third-order valence-electron chi connectivity index (χ3n) is 1.47. The minimum absolute atomic E-state index is 0.297. The van der Waals surface area contributed by atoms with Crippen LogP contribution in [0.4, 0.5) is 4.39 Å². The molecule has 0 aliphatic heterocycles. The Morgan fingerprint density at radius 2 is 1.67 bits per heavy atom. The van der Waals surface area contributed by atoms with E-state index >= 15 is 0 Å². The number of ether oxygens (including phenoxy) is 1. The van der Waals surface area contributed by atoms with Crippen LogP contribution in [-0.4, -0.2) is 4.98 Å². The molecular formula is C13H17ClFNOS. The Kier molecular flexibility index (Phi) is 9.24. The molecule has 0 aliphatic rings. The Balaban J connectivity index is 0.000000659. The summed E-state index contributed by atoms with van der Waals surface area (Å²) >= 11 is 6.90. The lowest BCUT2D eigenvalue weighted by Crippen LogP contribution is -1.82. The number of aromatic nitrogens is 1. The van der Waals surface area contributed by atoms with E-state index in [0.29, 0.717) is 16.1 Å². The average Bonchev–Trinajstić information content (AvgIpc) is 2.83. The summed E-state index contributed by atoms with van der Waals surface area (Å²) in [7, 11) is 0. The molecule has 0 fully saturated rings. The van der Waals surface area contributed by atoms with Crippen molar-refractivity contribution >= 4 is 22.9 Å². The van der Waals surface area contributed by atoms with Gasteiger partial charge in [-0.3, -0.25) is 0 Å². The van der Waals surface area contributed by atoms with Crippen molar-refractivity contribution in [2.24, 2.45) is 0 Å². The molecule has 0 atom stereocenters. The Morgan fingerprint density at radius 3 is 2.11 bits per heavy atom. The van der Waals surface area contributed by atoms with Crippen LogP contribution in [0.2, 0.25) is 5.15 Å². The van der Waals surface area contributed by atoms with Gasteiger partial charge in [-0.1, -0.05) is 50.6 Å². The van der Waals surface area contributed by atoms with Gasteiger partial charge in [0.2, 0.25) is 0 Å². The highest BCUT2D eigenvalue weighted by Crippen LogP contribution is 2.26. The summed E-state index contributed by atoms with van der Waals surface area (Å²) < 4.78 is 17.9. The molecular weight excluding hydrogens is 273 g/mol. The van der Waals surface area contributed by atoms with E-state index in [9.17, 15) is 4.39 Å². The van der Waals surface area contributed by atoms with Gasteiger partial charge in [0.15, 0.2) is 0 Å². The molecule has 1 aromatic carbocycles. The molecule has 2 nitrogen and oxygen atoms in total. The predicted molar refractivity (Wildman–Crippen MR) is 76.3 cm³/mol. The minimum Gasteiger partial charge on any atom is -0.431 e. The molecule has 0 radical (unpaired) electrons. The predicted octanol–water partition coefficient (Wildman–Crippen LogP) is 5.78. The first kappa shape index (κ1) is 16.9. The van der Waals surface area contributed by atoms with Crippen LogP contribution >= 0.6 is 22.9 Å². The molecule has 0 saturated carbocycles. The number of nitrogens with zero attached hydrogens (tertiary/aromatic N) is 1. The van der Waals surface area contributed by atoms with Gasteiger partial charge in [0.25, 0.3) is 5.19 Å². The normalized spacial score (nSPS) is 8.56. The maximum absolute atomic E-state index is 12.5. The van der Waals surface area contributed by atoms with E-state index in [1.54, 1.807) is 5.38 Å². The second-order valence-electron chi connectivity index (χ2n) is 2.49. The fourth-order valence-corrected chi connectivity index (χ4v) is 1.70. The third kappa shape index (κ3) is 5.98. The summed E-state index contributed by atoms with van der Waals surface area (Å²) in [5.74, 6) is 0.243. The standard InChI is InChI=1S/C9H5ClFNOS.2C2H6/c10-8-5-14-9(12-8)13-7-3-1-6(11)2-4-7;2*1-2/h1-5H;2*1-2H3. The fourth-order valence-electron chi connectivity index (χ4n) is 0.889. The smallest absolute Gasteiger partial charge is 0.280 e. The first-order valence-corrected chi connectivity index (χ1v) is 7.04. The molecule has 0 bridgehead atoms. The Hall–Kier alpha value is -1.13. The Bertz CT molecular complexity index is 431. The van der Waals surface area contributed by atoms with Gasteiger partial charge < -0.3 is 4.74 Å². The zero-order valence-corrected chi connectivity index (χ0v) is 12.5. The van der Waals surface area contributed by atoms with Crippen LogP contribution in [-0.2, 0) is 0 Å². The maximum Gasteiger partial charge on any atom is 0.280 e. The molecule has 0 aliphatic carbocycles. The molecule has 5 heteroatoms. The van der Waals surface area contributed by atoms with Crippen LogP contribution < -0.4 is 4.74 Å². The van der Waals surface area contributed by atoms with Gasteiger partial charge in [-0.15, -0.1) is 0 Å². The van der Waals surface area contributed by atoms with E-state index in [1.807, 2.05) is 27.7 Å². The lowest BCUT2D eigenvalue weighted by atomic mass is 10.3. The monoisotopic (exact) mass is 289 g/mol. The van der Waals surface area contributed by atoms with E-state index in [-0.39, 0.29) is 5.82 Å². The van der Waals surface area contributed by atoms with Crippen molar-refractivity contribution in [3.8, 4) is 10.9 Å². The summed E-state index contributed by atoms with van der Waals surface area (Å²) in [5, 5.41) is 2.51. The first-order chi connectivity index (χ1) is 8.74. The van der Waals surface area contributed by atoms with Crippen molar-refractivity contribution < 1.29 is 9.13 Å². The van der Waals surface area contributed by atoms with Crippen LogP contribution in [0.1, 0.15) is 27.7 Å². The van der Waals surface area contributed by atoms with E-state index in [2.05, 4.69) is 4.98 Å². The third-order valence-corrected chi connectivity index (χ3v) is 2.51. The molecule has 0 amide bonds. The molecule has 100 valence electrons. The fraction of sp³-hybridized carbons (Fsp3) is 0.308. The van der Waals surface area contributed by atoms with Crippen molar-refractivity contribution in [1.82, 2.24) is 4.98 Å². The average molecular weight is 290 g/mol. The molecule has 0 saturated heterocycles. The van der Waals surface area contributed by atoms with Gasteiger partial charge in [0, 0.05) is 5.38 Å². The SMILES string of the molecule is CC.CC.Fc1ccc(Oc2nc(Cl)cs2)cc1. The highest BCUT2D eigenvalue weighted by Gasteiger charge is 2.02. The lowest BCUT2D eigenvalue weighted by molar-refractivity contribution is 0.477. The van der Waals surface area contributed by atoms with Crippen LogP contribution in [0, 0.1) is 5.82 Å². The van der Waals surface area contributed by atoms with E-state index in [4.69, 9.17) is 16.3 Å². The topological polar surface area (TPSA) is 22.1 Å². The van der Waals surface area contributed by atoms with Crippen molar-refractivity contribution in [3.05, 3.63) is 40.6 Å². The number of hydrogen-bond acceptors (Lipinski definition) is 3. The number of thiazole rings is 1. The highest BCUT2D eigenvalue weighted by atomic mass is 35.5. The molecule has 0 N–H and O–H groups in total. The van der Waals surface area contributed by atoms with E-state index < -0.39 is 0 Å². The molecule has 0 unspecified atom stereocenters. The number of hydrogen-bond donors (Lipinski definition) is 0. The quantitative estimate of drug-likeness (QED) is 0.699. The second-order valence-corrected chi connectivity index (χ2v) is 3.70. The summed E-state index contributed by atoms with van der Waals surface area (Å²) in [6.45, 7) is 8.00. The molecule has 1 aromatic heterocycles. The number of halogens is 2. The van der Waals surface area contributed by atoms with Crippen molar-refractivity contribution in [3.63, 3.8) is 0 Å². The maximum atomic E-state index is 12.5. The zero-order valence-electron chi connectivity index (χ0n) is 10.9. The molecule has 1 heterocycles. The number of benzene rings is 1. The lowest BCUT2D eigenvalue weighted by Gasteiger charge is -1.99. The largest absolute Gasteiger partial charge is 0.431 e. The zero-order chi connectivity index (χ0) is 14.0. The molecule has 0 spiro atoms. The van der Waals surface area contributed by atoms with Gasteiger partial charge in [0.05, 0.1) is 0 Å².